The lowest BCUT2D eigenvalue weighted by molar-refractivity contribution is 0.208. The lowest BCUT2D eigenvalue weighted by Crippen LogP contribution is -2.39. The van der Waals surface area contributed by atoms with E-state index < -0.39 is 10.8 Å². The third kappa shape index (κ3) is 4.42. The molecule has 2 atom stereocenters. The molecule has 1 aliphatic rings. The number of carbonyl (C=O) groups is 1. The first-order valence-electron chi connectivity index (χ1n) is 8.82. The number of para-hydroxylation sites is 1. The summed E-state index contributed by atoms with van der Waals surface area (Å²) in [7, 11) is 2.05. The lowest BCUT2D eigenvalue weighted by Gasteiger charge is -2.18. The minimum atomic E-state index is -1.10. The highest BCUT2D eigenvalue weighted by Gasteiger charge is 2.30. The Bertz CT molecular complexity index is 813. The molecule has 0 radical (unpaired) electrons. The third-order valence-corrected chi connectivity index (χ3v) is 6.35. The number of hydrogen-bond donors (Lipinski definition) is 1. The Hall–Kier alpha value is -2.54. The Labute approximate surface area is 161 Å². The second kappa shape index (κ2) is 8.90. The molecule has 2 unspecified atom stereocenters. The normalized spacial score (nSPS) is 17.4. The molecule has 1 N–H and O–H groups in total. The molecule has 2 aromatic carbocycles. The SMILES string of the molecule is COc1cccc(CNC(=O)N2CCC(S(=O)c3ccccc3)C2)c1OC. The summed E-state index contributed by atoms with van der Waals surface area (Å²) in [5.74, 6) is 1.24. The summed E-state index contributed by atoms with van der Waals surface area (Å²) in [6.07, 6.45) is 0.734. The van der Waals surface area contributed by atoms with Crippen LogP contribution in [0.15, 0.2) is 53.4 Å². The molecule has 3 rings (SSSR count). The van der Waals surface area contributed by atoms with Crippen LogP contribution in [-0.4, -0.2) is 47.7 Å². The summed E-state index contributed by atoms with van der Waals surface area (Å²) in [6, 6.07) is 14.8. The van der Waals surface area contributed by atoms with Crippen LogP contribution in [0.1, 0.15) is 12.0 Å². The van der Waals surface area contributed by atoms with E-state index in [0.717, 1.165) is 16.9 Å². The fraction of sp³-hybridized carbons (Fsp3) is 0.350. The summed E-state index contributed by atoms with van der Waals surface area (Å²) in [6.45, 7) is 1.43. The molecule has 0 aromatic heterocycles. The van der Waals surface area contributed by atoms with Gasteiger partial charge in [-0.05, 0) is 24.6 Å². The van der Waals surface area contributed by atoms with E-state index in [1.54, 1.807) is 19.1 Å². The van der Waals surface area contributed by atoms with Gasteiger partial charge in [0.15, 0.2) is 11.5 Å². The number of urea groups is 1. The standard InChI is InChI=1S/C20H24N2O4S/c1-25-18-10-6-7-15(19(18)26-2)13-21-20(23)22-12-11-17(14-22)27(24)16-8-4-3-5-9-16/h3-10,17H,11-14H2,1-2H3,(H,21,23). The van der Waals surface area contributed by atoms with Crippen molar-refractivity contribution in [3.05, 3.63) is 54.1 Å². The fourth-order valence-electron chi connectivity index (χ4n) is 3.21. The van der Waals surface area contributed by atoms with Gasteiger partial charge in [0.2, 0.25) is 0 Å². The Balaban J connectivity index is 1.58. The number of nitrogens with zero attached hydrogens (tertiary/aromatic N) is 1. The minimum absolute atomic E-state index is 0.0375. The first kappa shape index (κ1) is 19.2. The molecule has 27 heavy (non-hydrogen) atoms. The number of rotatable bonds is 6. The first-order valence-corrected chi connectivity index (χ1v) is 10.0. The van der Waals surface area contributed by atoms with Crippen molar-refractivity contribution in [1.29, 1.82) is 0 Å². The summed E-state index contributed by atoms with van der Waals surface area (Å²) in [5.41, 5.74) is 0.841. The third-order valence-electron chi connectivity index (χ3n) is 4.63. The minimum Gasteiger partial charge on any atom is -0.493 e. The molecule has 1 aliphatic heterocycles. The Morgan fingerprint density at radius 3 is 2.63 bits per heavy atom. The van der Waals surface area contributed by atoms with E-state index in [1.165, 1.54) is 0 Å². The van der Waals surface area contributed by atoms with Gasteiger partial charge in [-0.2, -0.15) is 0 Å². The summed E-state index contributed by atoms with van der Waals surface area (Å²) in [4.78, 5) is 15.1. The van der Waals surface area contributed by atoms with Crippen molar-refractivity contribution in [2.45, 2.75) is 23.1 Å². The van der Waals surface area contributed by atoms with E-state index >= 15 is 0 Å². The van der Waals surface area contributed by atoms with Crippen molar-refractivity contribution in [2.75, 3.05) is 27.3 Å². The van der Waals surface area contributed by atoms with Crippen LogP contribution < -0.4 is 14.8 Å². The Morgan fingerprint density at radius 2 is 1.93 bits per heavy atom. The zero-order valence-electron chi connectivity index (χ0n) is 15.5. The van der Waals surface area contributed by atoms with Crippen LogP contribution in [0.4, 0.5) is 4.79 Å². The monoisotopic (exact) mass is 388 g/mol. The molecule has 144 valence electrons. The van der Waals surface area contributed by atoms with Gasteiger partial charge >= 0.3 is 6.03 Å². The molecule has 1 saturated heterocycles. The van der Waals surface area contributed by atoms with Crippen LogP contribution in [-0.2, 0) is 17.3 Å². The number of amides is 2. The molecular formula is C20H24N2O4S. The largest absolute Gasteiger partial charge is 0.493 e. The molecule has 0 spiro atoms. The quantitative estimate of drug-likeness (QED) is 0.826. The lowest BCUT2D eigenvalue weighted by atomic mass is 10.2. The van der Waals surface area contributed by atoms with Crippen molar-refractivity contribution in [1.82, 2.24) is 10.2 Å². The maximum atomic E-state index is 12.7. The molecule has 0 saturated carbocycles. The van der Waals surface area contributed by atoms with Gasteiger partial charge in [-0.15, -0.1) is 0 Å². The van der Waals surface area contributed by atoms with E-state index in [9.17, 15) is 9.00 Å². The number of benzene rings is 2. The van der Waals surface area contributed by atoms with Gasteiger partial charge in [-0.25, -0.2) is 4.79 Å². The molecule has 7 heteroatoms. The fourth-order valence-corrected chi connectivity index (χ4v) is 4.66. The van der Waals surface area contributed by atoms with Crippen LogP contribution in [0.2, 0.25) is 0 Å². The highest BCUT2D eigenvalue weighted by molar-refractivity contribution is 7.85. The van der Waals surface area contributed by atoms with Gasteiger partial charge in [0, 0.05) is 30.1 Å². The molecule has 6 nitrogen and oxygen atoms in total. The topological polar surface area (TPSA) is 67.9 Å². The number of methoxy groups -OCH3 is 2. The van der Waals surface area contributed by atoms with Crippen LogP contribution in [0.25, 0.3) is 0 Å². The van der Waals surface area contributed by atoms with Crippen LogP contribution in [0.5, 0.6) is 11.5 Å². The molecule has 1 fully saturated rings. The Kier molecular flexibility index (Phi) is 6.34. The molecule has 2 amide bonds. The number of nitrogens with one attached hydrogen (secondary N) is 1. The van der Waals surface area contributed by atoms with Crippen molar-refractivity contribution >= 4 is 16.8 Å². The van der Waals surface area contributed by atoms with Crippen molar-refractivity contribution < 1.29 is 18.5 Å². The van der Waals surface area contributed by atoms with Crippen LogP contribution in [0.3, 0.4) is 0 Å². The van der Waals surface area contributed by atoms with Gasteiger partial charge in [-0.3, -0.25) is 4.21 Å². The number of ether oxygens (including phenoxy) is 2. The van der Waals surface area contributed by atoms with Gasteiger partial charge < -0.3 is 19.7 Å². The predicted molar refractivity (Wildman–Crippen MR) is 105 cm³/mol. The zero-order valence-corrected chi connectivity index (χ0v) is 16.3. The number of likely N-dealkylation sites (tertiary alicyclic amines) is 1. The van der Waals surface area contributed by atoms with Gasteiger partial charge in [0.25, 0.3) is 0 Å². The highest BCUT2D eigenvalue weighted by atomic mass is 32.2. The maximum Gasteiger partial charge on any atom is 0.317 e. The smallest absolute Gasteiger partial charge is 0.317 e. The van der Waals surface area contributed by atoms with Gasteiger partial charge in [0.05, 0.1) is 30.3 Å². The number of hydrogen-bond acceptors (Lipinski definition) is 4. The predicted octanol–water partition coefficient (Wildman–Crippen LogP) is 2.80. The summed E-state index contributed by atoms with van der Waals surface area (Å²) >= 11 is 0. The average molecular weight is 388 g/mol. The first-order chi connectivity index (χ1) is 13.1. The summed E-state index contributed by atoms with van der Waals surface area (Å²) < 4.78 is 23.3. The van der Waals surface area contributed by atoms with Crippen molar-refractivity contribution in [3.8, 4) is 11.5 Å². The van der Waals surface area contributed by atoms with E-state index in [-0.39, 0.29) is 11.3 Å². The highest BCUT2D eigenvalue weighted by Crippen LogP contribution is 2.30. The van der Waals surface area contributed by atoms with Gasteiger partial charge in [0.1, 0.15) is 0 Å². The average Bonchev–Trinajstić information content (AvgIpc) is 3.22. The van der Waals surface area contributed by atoms with Crippen LogP contribution in [0, 0.1) is 0 Å². The van der Waals surface area contributed by atoms with E-state index in [2.05, 4.69) is 5.32 Å². The summed E-state index contributed by atoms with van der Waals surface area (Å²) in [5, 5.41) is 2.88. The zero-order chi connectivity index (χ0) is 19.2. The molecule has 1 heterocycles. The van der Waals surface area contributed by atoms with E-state index in [4.69, 9.17) is 9.47 Å². The van der Waals surface area contributed by atoms with Crippen molar-refractivity contribution in [3.63, 3.8) is 0 Å². The molecule has 0 aliphatic carbocycles. The second-order valence-electron chi connectivity index (χ2n) is 6.28. The van der Waals surface area contributed by atoms with Crippen LogP contribution >= 0.6 is 0 Å². The van der Waals surface area contributed by atoms with Gasteiger partial charge in [-0.1, -0.05) is 30.3 Å². The van der Waals surface area contributed by atoms with E-state index in [0.29, 0.717) is 31.1 Å². The second-order valence-corrected chi connectivity index (χ2v) is 8.01. The molecular weight excluding hydrogens is 364 g/mol. The maximum absolute atomic E-state index is 12.7. The molecule has 2 aromatic rings. The number of carbonyl (C=O) groups excluding carboxylic acids is 1. The van der Waals surface area contributed by atoms with Crippen molar-refractivity contribution in [2.24, 2.45) is 0 Å². The Morgan fingerprint density at radius 1 is 1.15 bits per heavy atom. The van der Waals surface area contributed by atoms with E-state index in [1.807, 2.05) is 48.5 Å². The molecule has 0 bridgehead atoms.